The number of methoxy groups -OCH3 is 1. The molecule has 0 aliphatic heterocycles. The summed E-state index contributed by atoms with van der Waals surface area (Å²) in [4.78, 5) is 0. The molecule has 3 N–H and O–H groups in total. The number of nitrogens with two attached hydrogens (primary N) is 1. The highest BCUT2D eigenvalue weighted by Gasteiger charge is 2.18. The molecule has 0 saturated carbocycles. The number of ether oxygens (including phenoxy) is 1. The van der Waals surface area contributed by atoms with Crippen LogP contribution in [0.5, 0.6) is 5.75 Å². The molecule has 2 rings (SSSR count). The highest BCUT2D eigenvalue weighted by Crippen LogP contribution is 2.29. The summed E-state index contributed by atoms with van der Waals surface area (Å²) in [5.74, 6) is 1.41. The van der Waals surface area contributed by atoms with E-state index in [0.29, 0.717) is 28.6 Å². The van der Waals surface area contributed by atoms with Crippen molar-refractivity contribution in [2.75, 3.05) is 18.2 Å². The Morgan fingerprint density at radius 2 is 2.10 bits per heavy atom. The summed E-state index contributed by atoms with van der Waals surface area (Å²) < 4.78 is 6.81. The van der Waals surface area contributed by atoms with Gasteiger partial charge in [0.25, 0.3) is 0 Å². The van der Waals surface area contributed by atoms with Crippen LogP contribution in [0.25, 0.3) is 5.69 Å². The molecule has 6 nitrogen and oxygen atoms in total. The smallest absolute Gasteiger partial charge is 0.168 e. The van der Waals surface area contributed by atoms with Gasteiger partial charge in [-0.15, -0.1) is 5.10 Å². The number of hydrogen-bond donors (Lipinski definition) is 2. The summed E-state index contributed by atoms with van der Waals surface area (Å²) in [6.45, 7) is 3.94. The molecule has 0 spiro atoms. The Kier molecular flexibility index (Phi) is 3.80. The Morgan fingerprint density at radius 1 is 1.40 bits per heavy atom. The molecule has 1 aromatic carbocycles. The number of hydrogen-bond acceptors (Lipinski definition) is 5. The summed E-state index contributed by atoms with van der Waals surface area (Å²) in [5.41, 5.74) is 7.06. The van der Waals surface area contributed by atoms with E-state index in [2.05, 4.69) is 16.5 Å². The number of nitriles is 1. The van der Waals surface area contributed by atoms with E-state index in [1.165, 1.54) is 4.68 Å². The molecular formula is C14H17N5O. The van der Waals surface area contributed by atoms with E-state index < -0.39 is 0 Å². The maximum atomic E-state index is 9.24. The first kappa shape index (κ1) is 13.7. The summed E-state index contributed by atoms with van der Waals surface area (Å²) in [6, 6.07) is 9.62. The molecule has 0 fully saturated rings. The molecule has 2 aromatic rings. The Labute approximate surface area is 117 Å². The molecule has 0 unspecified atom stereocenters. The Bertz CT molecular complexity index is 654. The van der Waals surface area contributed by atoms with E-state index >= 15 is 0 Å². The molecule has 1 heterocycles. The standard InChI is InChI=1S/C14H17N5O/c1-9(2)17-14-10(8-15)13(16)19(18-14)11-6-4-5-7-12(11)20-3/h4-7,9H,16H2,1-3H3,(H,17,18). The number of aromatic nitrogens is 2. The topological polar surface area (TPSA) is 88.9 Å². The van der Waals surface area contributed by atoms with E-state index in [9.17, 15) is 5.26 Å². The van der Waals surface area contributed by atoms with Crippen molar-refractivity contribution in [3.63, 3.8) is 0 Å². The third-order valence-corrected chi connectivity index (χ3v) is 2.77. The summed E-state index contributed by atoms with van der Waals surface area (Å²) >= 11 is 0. The molecular weight excluding hydrogens is 254 g/mol. The molecule has 104 valence electrons. The van der Waals surface area contributed by atoms with E-state index in [1.54, 1.807) is 7.11 Å². The summed E-state index contributed by atoms with van der Waals surface area (Å²) in [7, 11) is 1.58. The Hall–Kier alpha value is -2.68. The van der Waals surface area contributed by atoms with Gasteiger partial charge in [0.05, 0.1) is 7.11 Å². The molecule has 0 amide bonds. The average Bonchev–Trinajstić information content (AvgIpc) is 2.74. The van der Waals surface area contributed by atoms with Crippen LogP contribution >= 0.6 is 0 Å². The number of nitrogens with zero attached hydrogens (tertiary/aromatic N) is 3. The zero-order valence-corrected chi connectivity index (χ0v) is 11.7. The highest BCUT2D eigenvalue weighted by molar-refractivity contribution is 5.67. The van der Waals surface area contributed by atoms with Crippen LogP contribution in [0.1, 0.15) is 19.4 Å². The normalized spacial score (nSPS) is 10.3. The third-order valence-electron chi connectivity index (χ3n) is 2.77. The fourth-order valence-electron chi connectivity index (χ4n) is 1.90. The molecule has 1 aromatic heterocycles. The number of anilines is 2. The molecule has 6 heteroatoms. The number of nitrogen functional groups attached to an aromatic ring is 1. The average molecular weight is 271 g/mol. The van der Waals surface area contributed by atoms with Crippen LogP contribution in [0.2, 0.25) is 0 Å². The predicted molar refractivity (Wildman–Crippen MR) is 78.0 cm³/mol. The number of nitrogens with one attached hydrogen (secondary N) is 1. The molecule has 0 aliphatic carbocycles. The van der Waals surface area contributed by atoms with Crippen LogP contribution in [0.4, 0.5) is 11.6 Å². The lowest BCUT2D eigenvalue weighted by Crippen LogP contribution is -2.11. The number of rotatable bonds is 4. The molecule has 0 bridgehead atoms. The fourth-order valence-corrected chi connectivity index (χ4v) is 1.90. The van der Waals surface area contributed by atoms with Gasteiger partial charge >= 0.3 is 0 Å². The van der Waals surface area contributed by atoms with Crippen LogP contribution in [-0.2, 0) is 0 Å². The first-order valence-electron chi connectivity index (χ1n) is 6.27. The van der Waals surface area contributed by atoms with Crippen molar-refractivity contribution < 1.29 is 4.74 Å². The first-order chi connectivity index (χ1) is 9.58. The van der Waals surface area contributed by atoms with Crippen LogP contribution < -0.4 is 15.8 Å². The lowest BCUT2D eigenvalue weighted by Gasteiger charge is -2.09. The largest absolute Gasteiger partial charge is 0.494 e. The van der Waals surface area contributed by atoms with Crippen molar-refractivity contribution in [1.29, 1.82) is 5.26 Å². The van der Waals surface area contributed by atoms with Crippen molar-refractivity contribution in [2.24, 2.45) is 0 Å². The molecule has 0 radical (unpaired) electrons. The van der Waals surface area contributed by atoms with Crippen molar-refractivity contribution in [2.45, 2.75) is 19.9 Å². The highest BCUT2D eigenvalue weighted by atomic mass is 16.5. The van der Waals surface area contributed by atoms with Crippen molar-refractivity contribution in [1.82, 2.24) is 9.78 Å². The molecule has 0 aliphatic rings. The second-order valence-corrected chi connectivity index (χ2v) is 4.60. The van der Waals surface area contributed by atoms with Crippen LogP contribution in [-0.4, -0.2) is 22.9 Å². The van der Waals surface area contributed by atoms with Crippen LogP contribution in [0, 0.1) is 11.3 Å². The molecule has 0 atom stereocenters. The van der Waals surface area contributed by atoms with E-state index in [0.717, 1.165) is 0 Å². The van der Waals surface area contributed by atoms with E-state index in [-0.39, 0.29) is 6.04 Å². The fraction of sp³-hybridized carbons (Fsp3) is 0.286. The van der Waals surface area contributed by atoms with Gasteiger partial charge in [-0.1, -0.05) is 12.1 Å². The minimum atomic E-state index is 0.155. The quantitative estimate of drug-likeness (QED) is 0.889. The molecule has 0 saturated heterocycles. The minimum absolute atomic E-state index is 0.155. The van der Waals surface area contributed by atoms with Crippen molar-refractivity contribution in [3.8, 4) is 17.5 Å². The van der Waals surface area contributed by atoms with E-state index in [1.807, 2.05) is 38.1 Å². The lowest BCUT2D eigenvalue weighted by molar-refractivity contribution is 0.412. The monoisotopic (exact) mass is 271 g/mol. The Balaban J connectivity index is 2.58. The maximum Gasteiger partial charge on any atom is 0.168 e. The van der Waals surface area contributed by atoms with Gasteiger partial charge < -0.3 is 15.8 Å². The van der Waals surface area contributed by atoms with Gasteiger partial charge in [0.2, 0.25) is 0 Å². The number of benzene rings is 1. The zero-order valence-electron chi connectivity index (χ0n) is 11.7. The van der Waals surface area contributed by atoms with Gasteiger partial charge in [-0.3, -0.25) is 0 Å². The van der Waals surface area contributed by atoms with E-state index in [4.69, 9.17) is 10.5 Å². The SMILES string of the molecule is COc1ccccc1-n1nc(NC(C)C)c(C#N)c1N. The van der Waals surface area contributed by atoms with Gasteiger partial charge in [-0.25, -0.2) is 4.68 Å². The third kappa shape index (κ3) is 2.38. The predicted octanol–water partition coefficient (Wildman–Crippen LogP) is 2.16. The second-order valence-electron chi connectivity index (χ2n) is 4.60. The lowest BCUT2D eigenvalue weighted by atomic mass is 10.2. The van der Waals surface area contributed by atoms with Crippen LogP contribution in [0.15, 0.2) is 24.3 Å². The van der Waals surface area contributed by atoms with Gasteiger partial charge in [0.1, 0.15) is 28.9 Å². The zero-order chi connectivity index (χ0) is 14.7. The van der Waals surface area contributed by atoms with Crippen molar-refractivity contribution in [3.05, 3.63) is 29.8 Å². The molecule has 20 heavy (non-hydrogen) atoms. The van der Waals surface area contributed by atoms with Gasteiger partial charge in [-0.2, -0.15) is 5.26 Å². The summed E-state index contributed by atoms with van der Waals surface area (Å²) in [6.07, 6.45) is 0. The van der Waals surface area contributed by atoms with Crippen LogP contribution in [0.3, 0.4) is 0 Å². The first-order valence-corrected chi connectivity index (χ1v) is 6.27. The van der Waals surface area contributed by atoms with Gasteiger partial charge in [-0.05, 0) is 26.0 Å². The Morgan fingerprint density at radius 3 is 2.70 bits per heavy atom. The minimum Gasteiger partial charge on any atom is -0.494 e. The summed E-state index contributed by atoms with van der Waals surface area (Å²) in [5, 5.41) is 16.7. The number of para-hydroxylation sites is 2. The van der Waals surface area contributed by atoms with Gasteiger partial charge in [0.15, 0.2) is 5.82 Å². The second kappa shape index (κ2) is 5.53. The maximum absolute atomic E-state index is 9.24. The van der Waals surface area contributed by atoms with Crippen molar-refractivity contribution >= 4 is 11.6 Å². The van der Waals surface area contributed by atoms with Gasteiger partial charge in [0, 0.05) is 6.04 Å².